The van der Waals surface area contributed by atoms with Crippen molar-refractivity contribution >= 4 is 68.3 Å². The van der Waals surface area contributed by atoms with Crippen LogP contribution in [-0.4, -0.2) is 68.9 Å². The summed E-state index contributed by atoms with van der Waals surface area (Å²) in [5, 5.41) is 3.14. The second-order valence-electron chi connectivity index (χ2n) is 1.09. The van der Waals surface area contributed by atoms with E-state index in [1.165, 1.54) is 11.8 Å². The monoisotopic (exact) mass is 143 g/mol. The van der Waals surface area contributed by atoms with Crippen LogP contribution in [0.5, 0.6) is 0 Å². The van der Waals surface area contributed by atoms with Crippen LogP contribution in [0.25, 0.3) is 0 Å². The van der Waals surface area contributed by atoms with Crippen molar-refractivity contribution in [3.05, 3.63) is 0 Å². The molecule has 1 fully saturated rings. The minimum atomic E-state index is 0. The van der Waals surface area contributed by atoms with Gasteiger partial charge in [-0.15, -0.1) is 0 Å². The van der Waals surface area contributed by atoms with E-state index in [1.807, 2.05) is 0 Å². The molecular weight excluding hydrogens is 137 g/mol. The van der Waals surface area contributed by atoms with E-state index in [9.17, 15) is 4.79 Å². The summed E-state index contributed by atoms with van der Waals surface area (Å²) in [4.78, 5) is 10.1. The van der Waals surface area contributed by atoms with Crippen LogP contribution < -0.4 is 5.32 Å². The van der Waals surface area contributed by atoms with E-state index < -0.39 is 0 Å². The van der Waals surface area contributed by atoms with Crippen molar-refractivity contribution in [2.45, 2.75) is 0 Å². The molecule has 0 atom stereocenters. The predicted octanol–water partition coefficient (Wildman–Crippen LogP) is -0.842. The molecule has 0 unspecified atom stereocenters. The van der Waals surface area contributed by atoms with Crippen molar-refractivity contribution in [1.82, 2.24) is 5.32 Å². The van der Waals surface area contributed by atoms with E-state index in [0.717, 1.165) is 5.88 Å². The van der Waals surface area contributed by atoms with Gasteiger partial charge in [0.05, 0.1) is 6.54 Å². The first-order chi connectivity index (χ1) is 2.89. The van der Waals surface area contributed by atoms with Gasteiger partial charge >= 0.3 is 51.4 Å². The zero-order chi connectivity index (χ0) is 4.41. The van der Waals surface area contributed by atoms with Gasteiger partial charge in [-0.3, -0.25) is 10.1 Å². The van der Waals surface area contributed by atoms with Gasteiger partial charge in [0, 0.05) is 5.88 Å². The fourth-order valence-electron chi connectivity index (χ4n) is 0.336. The zero-order valence-electron chi connectivity index (χ0n) is 3.23. The summed E-state index contributed by atoms with van der Waals surface area (Å²) in [7, 11) is 0. The van der Waals surface area contributed by atoms with Gasteiger partial charge in [0.1, 0.15) is 0 Å². The third kappa shape index (κ3) is 3.24. The van der Waals surface area contributed by atoms with Gasteiger partial charge in [-0.25, -0.2) is 0 Å². The Hall–Kier alpha value is 1.62. The molecule has 0 bridgehead atoms. The molecule has 0 spiro atoms. The van der Waals surface area contributed by atoms with Crippen molar-refractivity contribution in [2.24, 2.45) is 0 Å². The maximum atomic E-state index is 10.1. The van der Waals surface area contributed by atoms with E-state index in [-0.39, 0.29) is 56.5 Å². The Balaban J connectivity index is 0.000000360. The molecule has 0 aromatic carbocycles. The molecule has 0 saturated carbocycles. The first kappa shape index (κ1) is 8.62. The second-order valence-corrected chi connectivity index (χ2v) is 2.12. The van der Waals surface area contributed by atoms with E-state index in [2.05, 4.69) is 5.32 Å². The van der Waals surface area contributed by atoms with Crippen molar-refractivity contribution in [2.75, 3.05) is 12.4 Å². The van der Waals surface area contributed by atoms with E-state index in [4.69, 9.17) is 0 Å². The quantitative estimate of drug-likeness (QED) is 0.448. The van der Waals surface area contributed by atoms with Crippen LogP contribution in [0.2, 0.25) is 0 Å². The van der Waals surface area contributed by atoms with Gasteiger partial charge in [-0.1, -0.05) is 11.8 Å². The summed E-state index contributed by atoms with van der Waals surface area (Å²) >= 11 is 1.35. The van der Waals surface area contributed by atoms with Gasteiger partial charge in [-0.2, -0.15) is 0 Å². The van der Waals surface area contributed by atoms with Crippen LogP contribution in [0.3, 0.4) is 0 Å². The fourth-order valence-corrected chi connectivity index (χ4v) is 0.905. The Kier molecular flexibility index (Phi) is 5.53. The van der Waals surface area contributed by atoms with Gasteiger partial charge in [0.25, 0.3) is 0 Å². The Bertz CT molecular complexity index is 69.3. The molecule has 7 heavy (non-hydrogen) atoms. The van der Waals surface area contributed by atoms with Crippen molar-refractivity contribution in [3.63, 3.8) is 0 Å². The van der Waals surface area contributed by atoms with Gasteiger partial charge in [0.15, 0.2) is 0 Å². The summed E-state index contributed by atoms with van der Waals surface area (Å²) in [6, 6.07) is 0. The number of carbonyl (C=O) groups excluding carboxylic acids is 1. The van der Waals surface area contributed by atoms with Gasteiger partial charge < -0.3 is 0 Å². The minimum absolute atomic E-state index is 0. The third-order valence-electron chi connectivity index (χ3n) is 0.605. The summed E-state index contributed by atoms with van der Waals surface area (Å²) in [5.41, 5.74) is 0. The molecule has 1 N–H and O–H groups in total. The number of thioether (sulfide) groups is 1. The maximum absolute atomic E-state index is 10.1. The molecule has 2 nitrogen and oxygen atoms in total. The van der Waals surface area contributed by atoms with Crippen LogP contribution in [0, 0.1) is 0 Å². The molecular formula is C3H6KNOS. The Labute approximate surface area is 89.2 Å². The van der Waals surface area contributed by atoms with Crippen LogP contribution in [0.15, 0.2) is 0 Å². The van der Waals surface area contributed by atoms with Gasteiger partial charge in [-0.05, 0) is 0 Å². The van der Waals surface area contributed by atoms with Crippen LogP contribution in [0.1, 0.15) is 0 Å². The molecule has 0 aliphatic carbocycles. The first-order valence-electron chi connectivity index (χ1n) is 1.76. The third-order valence-corrected chi connectivity index (χ3v) is 1.42. The average molecular weight is 143 g/mol. The number of hydrogen-bond acceptors (Lipinski definition) is 3. The summed E-state index contributed by atoms with van der Waals surface area (Å²) < 4.78 is 0. The van der Waals surface area contributed by atoms with Crippen LogP contribution in [0.4, 0.5) is 0 Å². The zero-order valence-corrected chi connectivity index (χ0v) is 4.05. The molecule has 1 heterocycles. The van der Waals surface area contributed by atoms with Crippen molar-refractivity contribution in [1.29, 1.82) is 0 Å². The standard InChI is InChI=1S/C3H5NOS.K.H/c5-3-1-4-2-6-3;;/h4H,1-2H2;;. The predicted molar refractivity (Wildman–Crippen MR) is 32.6 cm³/mol. The van der Waals surface area contributed by atoms with E-state index in [0.29, 0.717) is 6.54 Å². The van der Waals surface area contributed by atoms with E-state index in [1.54, 1.807) is 0 Å². The molecule has 1 aliphatic rings. The molecule has 0 amide bonds. The molecule has 4 heteroatoms. The Morgan fingerprint density at radius 3 is 2.57 bits per heavy atom. The number of hydrogen-bond donors (Lipinski definition) is 1. The molecule has 0 aromatic rings. The molecule has 1 saturated heterocycles. The molecule has 0 aromatic heterocycles. The SMILES string of the molecule is O=C1CNCS1.[KH]. The topological polar surface area (TPSA) is 29.1 Å². The molecule has 1 aliphatic heterocycles. The Morgan fingerprint density at radius 1 is 1.71 bits per heavy atom. The number of nitrogens with one attached hydrogen (secondary N) is 1. The van der Waals surface area contributed by atoms with Crippen molar-refractivity contribution in [3.8, 4) is 0 Å². The first-order valence-corrected chi connectivity index (χ1v) is 2.74. The van der Waals surface area contributed by atoms with Gasteiger partial charge in [0.2, 0.25) is 5.12 Å². The van der Waals surface area contributed by atoms with Crippen molar-refractivity contribution < 1.29 is 4.79 Å². The normalized spacial score (nSPS) is 19.1. The average Bonchev–Trinajstić information content (AvgIpc) is 1.86. The van der Waals surface area contributed by atoms with Crippen LogP contribution in [-0.2, 0) is 4.79 Å². The fraction of sp³-hybridized carbons (Fsp3) is 0.667. The van der Waals surface area contributed by atoms with Crippen LogP contribution >= 0.6 is 11.8 Å². The summed E-state index contributed by atoms with van der Waals surface area (Å²) in [6.07, 6.45) is 0. The molecule has 1 rings (SSSR count). The Morgan fingerprint density at radius 2 is 2.43 bits per heavy atom. The molecule has 0 radical (unpaired) electrons. The number of rotatable bonds is 0. The second kappa shape index (κ2) is 4.49. The van der Waals surface area contributed by atoms with E-state index >= 15 is 0 Å². The molecule has 36 valence electrons. The summed E-state index contributed by atoms with van der Waals surface area (Å²) in [5.74, 6) is 0.804. The number of carbonyl (C=O) groups is 1. The summed E-state index contributed by atoms with van der Waals surface area (Å²) in [6.45, 7) is 0.560.